The molecule has 0 aliphatic carbocycles. The standard InChI is InChI=1S/C25H30FNO3/c1-3-24(29)30-25(21-8-5-4-6-9-21)15-17-27(18-19(25)2)16-7-10-23(28)20-11-13-22(26)14-12-20/h4-6,8-9,11-14,19H,3,7,10,15-18H2,1-2H3/t19?,25-/m1/s1. The number of hydrogen-bond donors (Lipinski definition) is 0. The molecule has 0 bridgehead atoms. The van der Waals surface area contributed by atoms with Crippen LogP contribution in [0.2, 0.25) is 0 Å². The number of carbonyl (C=O) groups is 2. The molecule has 160 valence electrons. The number of hydrogen-bond acceptors (Lipinski definition) is 4. The highest BCUT2D eigenvalue weighted by atomic mass is 19.1. The van der Waals surface area contributed by atoms with Crippen LogP contribution >= 0.6 is 0 Å². The summed E-state index contributed by atoms with van der Waals surface area (Å²) in [7, 11) is 0. The third-order valence-corrected chi connectivity index (χ3v) is 6.02. The molecule has 1 saturated heterocycles. The van der Waals surface area contributed by atoms with Gasteiger partial charge in [-0.1, -0.05) is 44.2 Å². The smallest absolute Gasteiger partial charge is 0.306 e. The predicted octanol–water partition coefficient (Wildman–Crippen LogP) is 4.98. The fourth-order valence-corrected chi connectivity index (χ4v) is 4.28. The van der Waals surface area contributed by atoms with E-state index in [0.29, 0.717) is 18.4 Å². The number of benzene rings is 2. The Balaban J connectivity index is 1.59. The molecule has 1 fully saturated rings. The van der Waals surface area contributed by atoms with Crippen molar-refractivity contribution in [2.24, 2.45) is 5.92 Å². The molecule has 4 nitrogen and oxygen atoms in total. The summed E-state index contributed by atoms with van der Waals surface area (Å²) in [6.07, 6.45) is 2.27. The monoisotopic (exact) mass is 411 g/mol. The van der Waals surface area contributed by atoms with Crippen LogP contribution in [0.4, 0.5) is 4.39 Å². The average molecular weight is 412 g/mol. The van der Waals surface area contributed by atoms with E-state index in [1.165, 1.54) is 24.3 Å². The van der Waals surface area contributed by atoms with Crippen molar-refractivity contribution in [2.75, 3.05) is 19.6 Å². The van der Waals surface area contributed by atoms with Gasteiger partial charge in [0.1, 0.15) is 11.4 Å². The largest absolute Gasteiger partial charge is 0.454 e. The summed E-state index contributed by atoms with van der Waals surface area (Å²) < 4.78 is 19.1. The van der Waals surface area contributed by atoms with Crippen molar-refractivity contribution in [3.05, 3.63) is 71.5 Å². The fraction of sp³-hybridized carbons (Fsp3) is 0.440. The minimum Gasteiger partial charge on any atom is -0.454 e. The first-order valence-corrected chi connectivity index (χ1v) is 10.7. The summed E-state index contributed by atoms with van der Waals surface area (Å²) in [6, 6.07) is 15.7. The van der Waals surface area contributed by atoms with Gasteiger partial charge in [-0.25, -0.2) is 4.39 Å². The average Bonchev–Trinajstić information content (AvgIpc) is 2.76. The van der Waals surface area contributed by atoms with E-state index < -0.39 is 5.60 Å². The van der Waals surface area contributed by atoms with Crippen LogP contribution in [0.5, 0.6) is 0 Å². The van der Waals surface area contributed by atoms with Crippen molar-refractivity contribution >= 4 is 11.8 Å². The number of Topliss-reactive ketones (excluding diaryl/α,β-unsaturated/α-hetero) is 1. The lowest BCUT2D eigenvalue weighted by atomic mass is 9.76. The third kappa shape index (κ3) is 5.14. The van der Waals surface area contributed by atoms with Crippen LogP contribution in [0.15, 0.2) is 54.6 Å². The molecule has 0 amide bonds. The van der Waals surface area contributed by atoms with Crippen LogP contribution in [0.3, 0.4) is 0 Å². The minimum atomic E-state index is -0.602. The van der Waals surface area contributed by atoms with Gasteiger partial charge in [0.05, 0.1) is 0 Å². The minimum absolute atomic E-state index is 0.0376. The van der Waals surface area contributed by atoms with Crippen molar-refractivity contribution in [1.29, 1.82) is 0 Å². The lowest BCUT2D eigenvalue weighted by Gasteiger charge is -2.46. The highest BCUT2D eigenvalue weighted by Gasteiger charge is 2.45. The van der Waals surface area contributed by atoms with Crippen LogP contribution in [-0.2, 0) is 15.1 Å². The Labute approximate surface area is 178 Å². The van der Waals surface area contributed by atoms with Gasteiger partial charge in [-0.3, -0.25) is 9.59 Å². The summed E-state index contributed by atoms with van der Waals surface area (Å²) in [5.41, 5.74) is 0.998. The topological polar surface area (TPSA) is 46.6 Å². The van der Waals surface area contributed by atoms with E-state index in [1.54, 1.807) is 0 Å². The molecule has 2 atom stereocenters. The van der Waals surface area contributed by atoms with Crippen LogP contribution in [-0.4, -0.2) is 36.3 Å². The van der Waals surface area contributed by atoms with Gasteiger partial charge in [0.25, 0.3) is 0 Å². The van der Waals surface area contributed by atoms with Crippen molar-refractivity contribution < 1.29 is 18.7 Å². The number of piperidine rings is 1. The number of ketones is 1. The number of rotatable bonds is 8. The molecular formula is C25H30FNO3. The van der Waals surface area contributed by atoms with E-state index in [0.717, 1.165) is 38.0 Å². The number of nitrogens with zero attached hydrogens (tertiary/aromatic N) is 1. The Kier molecular flexibility index (Phi) is 7.38. The molecule has 1 heterocycles. The molecular weight excluding hydrogens is 381 g/mol. The summed E-state index contributed by atoms with van der Waals surface area (Å²) >= 11 is 0. The van der Waals surface area contributed by atoms with E-state index in [4.69, 9.17) is 4.74 Å². The van der Waals surface area contributed by atoms with Crippen molar-refractivity contribution in [3.63, 3.8) is 0 Å². The molecule has 30 heavy (non-hydrogen) atoms. The molecule has 2 aromatic carbocycles. The lowest BCUT2D eigenvalue weighted by Crippen LogP contribution is -2.51. The highest BCUT2D eigenvalue weighted by molar-refractivity contribution is 5.95. The van der Waals surface area contributed by atoms with E-state index in [-0.39, 0.29) is 23.5 Å². The van der Waals surface area contributed by atoms with E-state index >= 15 is 0 Å². The molecule has 1 aliphatic heterocycles. The molecule has 0 spiro atoms. The maximum absolute atomic E-state index is 13.0. The zero-order chi connectivity index (χ0) is 21.6. The first-order chi connectivity index (χ1) is 14.4. The molecule has 0 aromatic heterocycles. The van der Waals surface area contributed by atoms with Crippen molar-refractivity contribution in [1.82, 2.24) is 4.90 Å². The van der Waals surface area contributed by atoms with Gasteiger partial charge in [0, 0.05) is 43.8 Å². The Bertz CT molecular complexity index is 852. The normalized spacial score (nSPS) is 21.9. The Hall–Kier alpha value is -2.53. The molecule has 0 N–H and O–H groups in total. The molecule has 0 saturated carbocycles. The zero-order valence-corrected chi connectivity index (χ0v) is 17.8. The Morgan fingerprint density at radius 2 is 1.83 bits per heavy atom. The van der Waals surface area contributed by atoms with Gasteiger partial charge in [-0.2, -0.15) is 0 Å². The second-order valence-electron chi connectivity index (χ2n) is 8.07. The highest BCUT2D eigenvalue weighted by Crippen LogP contribution is 2.41. The molecule has 1 unspecified atom stereocenters. The lowest BCUT2D eigenvalue weighted by molar-refractivity contribution is -0.175. The Morgan fingerprint density at radius 3 is 2.47 bits per heavy atom. The number of carbonyl (C=O) groups excluding carboxylic acids is 2. The van der Waals surface area contributed by atoms with E-state index in [1.807, 2.05) is 37.3 Å². The summed E-state index contributed by atoms with van der Waals surface area (Å²) in [5.74, 6) is -0.337. The van der Waals surface area contributed by atoms with Gasteiger partial charge in [0.2, 0.25) is 0 Å². The SMILES string of the molecule is CCC(=O)O[C@]1(c2ccccc2)CCN(CCCC(=O)c2ccc(F)cc2)CC1C. The van der Waals surface area contributed by atoms with E-state index in [2.05, 4.69) is 11.8 Å². The molecule has 0 radical (unpaired) electrons. The maximum Gasteiger partial charge on any atom is 0.306 e. The first-order valence-electron chi connectivity index (χ1n) is 10.7. The van der Waals surface area contributed by atoms with E-state index in [9.17, 15) is 14.0 Å². The van der Waals surface area contributed by atoms with Gasteiger partial charge >= 0.3 is 5.97 Å². The molecule has 5 heteroatoms. The fourth-order valence-electron chi connectivity index (χ4n) is 4.28. The van der Waals surface area contributed by atoms with Crippen LogP contribution in [0.1, 0.15) is 55.5 Å². The van der Waals surface area contributed by atoms with Crippen LogP contribution < -0.4 is 0 Å². The molecule has 1 aliphatic rings. The van der Waals surface area contributed by atoms with Gasteiger partial charge in [-0.05, 0) is 42.8 Å². The Morgan fingerprint density at radius 1 is 1.13 bits per heavy atom. The van der Waals surface area contributed by atoms with Gasteiger partial charge in [0.15, 0.2) is 5.78 Å². The second-order valence-corrected chi connectivity index (χ2v) is 8.07. The molecule has 2 aromatic rings. The third-order valence-electron chi connectivity index (χ3n) is 6.02. The first kappa shape index (κ1) is 22.2. The number of halogens is 1. The number of esters is 1. The van der Waals surface area contributed by atoms with Crippen LogP contribution in [0.25, 0.3) is 0 Å². The number of ether oxygens (including phenoxy) is 1. The summed E-state index contributed by atoms with van der Waals surface area (Å²) in [4.78, 5) is 26.8. The van der Waals surface area contributed by atoms with Gasteiger partial charge in [-0.15, -0.1) is 0 Å². The number of likely N-dealkylation sites (tertiary alicyclic amines) is 1. The van der Waals surface area contributed by atoms with Gasteiger partial charge < -0.3 is 9.64 Å². The van der Waals surface area contributed by atoms with Crippen molar-refractivity contribution in [3.8, 4) is 0 Å². The second kappa shape index (κ2) is 9.98. The molecule has 3 rings (SSSR count). The summed E-state index contributed by atoms with van der Waals surface area (Å²) in [6.45, 7) is 6.37. The quantitative estimate of drug-likeness (QED) is 0.454. The predicted molar refractivity (Wildman–Crippen MR) is 115 cm³/mol. The summed E-state index contributed by atoms with van der Waals surface area (Å²) in [5, 5.41) is 0. The van der Waals surface area contributed by atoms with Crippen LogP contribution in [0, 0.1) is 11.7 Å². The van der Waals surface area contributed by atoms with Crippen molar-refractivity contribution in [2.45, 2.75) is 45.1 Å². The zero-order valence-electron chi connectivity index (χ0n) is 17.8. The maximum atomic E-state index is 13.0.